The van der Waals surface area contributed by atoms with Crippen LogP contribution < -0.4 is 10.6 Å². The van der Waals surface area contributed by atoms with Crippen molar-refractivity contribution in [2.45, 2.75) is 51.5 Å². The average Bonchev–Trinajstić information content (AvgIpc) is 3.12. The van der Waals surface area contributed by atoms with Crippen LogP contribution in [0.15, 0.2) is 48.5 Å². The first-order valence-corrected chi connectivity index (χ1v) is 11.3. The second-order valence-electron chi connectivity index (χ2n) is 8.47. The van der Waals surface area contributed by atoms with E-state index in [2.05, 4.69) is 34.9 Å². The minimum absolute atomic E-state index is 0.0258. The van der Waals surface area contributed by atoms with Gasteiger partial charge in [0.25, 0.3) is 0 Å². The van der Waals surface area contributed by atoms with E-state index in [1.54, 1.807) is 0 Å². The molecule has 0 spiro atoms. The Bertz CT molecular complexity index is 895. The van der Waals surface area contributed by atoms with Crippen LogP contribution in [0.5, 0.6) is 0 Å². The number of hydrogen-bond acceptors (Lipinski definition) is 4. The molecule has 0 saturated heterocycles. The van der Waals surface area contributed by atoms with E-state index in [1.807, 2.05) is 44.4 Å². The third kappa shape index (κ3) is 5.96. The van der Waals surface area contributed by atoms with Gasteiger partial charge in [0.15, 0.2) is 0 Å². The first kappa shape index (κ1) is 23.5. The molecule has 1 aliphatic carbocycles. The number of hydrogen-bond donors (Lipinski definition) is 2. The predicted octanol–water partition coefficient (Wildman–Crippen LogP) is 4.34. The highest BCUT2D eigenvalue weighted by Crippen LogP contribution is 2.44. The zero-order chi connectivity index (χ0) is 22.9. The van der Waals surface area contributed by atoms with Gasteiger partial charge in [-0.1, -0.05) is 68.8 Å². The molecule has 169 valence electrons. The van der Waals surface area contributed by atoms with E-state index in [-0.39, 0.29) is 17.7 Å². The molecule has 32 heavy (non-hydrogen) atoms. The summed E-state index contributed by atoms with van der Waals surface area (Å²) in [6.45, 7) is 4.52. The normalized spacial score (nSPS) is 13.2. The van der Waals surface area contributed by atoms with Crippen molar-refractivity contribution in [2.75, 3.05) is 13.2 Å². The molecule has 0 aliphatic heterocycles. The van der Waals surface area contributed by atoms with Crippen molar-refractivity contribution in [3.63, 3.8) is 0 Å². The van der Waals surface area contributed by atoms with Crippen molar-refractivity contribution < 1.29 is 19.1 Å². The van der Waals surface area contributed by atoms with E-state index in [9.17, 15) is 14.4 Å². The van der Waals surface area contributed by atoms with E-state index in [0.717, 1.165) is 12.8 Å². The summed E-state index contributed by atoms with van der Waals surface area (Å²) in [5.41, 5.74) is 4.78. The minimum Gasteiger partial charge on any atom is -0.449 e. The summed E-state index contributed by atoms with van der Waals surface area (Å²) in [6.07, 6.45) is 4.04. The molecule has 2 aromatic rings. The largest absolute Gasteiger partial charge is 0.449 e. The van der Waals surface area contributed by atoms with Gasteiger partial charge in [0.1, 0.15) is 6.61 Å². The fourth-order valence-electron chi connectivity index (χ4n) is 4.01. The van der Waals surface area contributed by atoms with Crippen molar-refractivity contribution in [3.8, 4) is 11.1 Å². The number of fused-ring (bicyclic) bond motifs is 3. The summed E-state index contributed by atoms with van der Waals surface area (Å²) >= 11 is 0. The van der Waals surface area contributed by atoms with Gasteiger partial charge >= 0.3 is 6.09 Å². The van der Waals surface area contributed by atoms with Gasteiger partial charge in [0, 0.05) is 18.9 Å². The fraction of sp³-hybridized carbons (Fsp3) is 0.423. The Balaban J connectivity index is 1.34. The summed E-state index contributed by atoms with van der Waals surface area (Å²) in [4.78, 5) is 34.8. The fourth-order valence-corrected chi connectivity index (χ4v) is 4.01. The Morgan fingerprint density at radius 3 is 2.19 bits per heavy atom. The number of rotatable bonds is 11. The molecule has 0 heterocycles. The molecule has 2 aromatic carbocycles. The van der Waals surface area contributed by atoms with Crippen molar-refractivity contribution in [1.29, 1.82) is 0 Å². The van der Waals surface area contributed by atoms with Crippen LogP contribution in [0.1, 0.15) is 56.6 Å². The lowest BCUT2D eigenvalue weighted by molar-refractivity contribution is -0.121. The lowest BCUT2D eigenvalue weighted by atomic mass is 9.98. The highest BCUT2D eigenvalue weighted by molar-refractivity contribution is 5.80. The lowest BCUT2D eigenvalue weighted by Crippen LogP contribution is -2.39. The molecule has 2 N–H and O–H groups in total. The number of nitrogens with one attached hydrogen (secondary N) is 2. The van der Waals surface area contributed by atoms with Crippen LogP contribution in [0.2, 0.25) is 0 Å². The molecule has 0 aromatic heterocycles. The Kier molecular flexibility index (Phi) is 8.42. The van der Waals surface area contributed by atoms with E-state index < -0.39 is 12.1 Å². The minimum atomic E-state index is -0.558. The maximum Gasteiger partial charge on any atom is 0.407 e. The zero-order valence-electron chi connectivity index (χ0n) is 18.7. The van der Waals surface area contributed by atoms with Crippen molar-refractivity contribution in [2.24, 2.45) is 5.92 Å². The Morgan fingerprint density at radius 2 is 1.59 bits per heavy atom. The Hall–Kier alpha value is -3.15. The summed E-state index contributed by atoms with van der Waals surface area (Å²) in [5, 5.41) is 5.47. The SMILES string of the molecule is CC(C)[C@@H]([C]=O)NC(=O)CCCCCNC(=O)OCC1c2ccccc2-c2ccccc21. The quantitative estimate of drug-likeness (QED) is 0.515. The second-order valence-corrected chi connectivity index (χ2v) is 8.47. The number of benzene rings is 2. The molecule has 6 heteroatoms. The van der Waals surface area contributed by atoms with Crippen LogP contribution in [-0.2, 0) is 14.3 Å². The van der Waals surface area contributed by atoms with Crippen LogP contribution in [-0.4, -0.2) is 37.5 Å². The molecule has 1 aliphatic rings. The molecule has 0 saturated carbocycles. The molecule has 1 radical (unpaired) electrons. The molecule has 2 amide bonds. The van der Waals surface area contributed by atoms with Crippen LogP contribution >= 0.6 is 0 Å². The van der Waals surface area contributed by atoms with Crippen LogP contribution in [0.25, 0.3) is 11.1 Å². The Morgan fingerprint density at radius 1 is 0.969 bits per heavy atom. The lowest BCUT2D eigenvalue weighted by Gasteiger charge is -2.15. The van der Waals surface area contributed by atoms with Gasteiger partial charge in [-0.05, 0) is 41.0 Å². The number of amides is 2. The van der Waals surface area contributed by atoms with Gasteiger partial charge in [-0.3, -0.25) is 9.59 Å². The van der Waals surface area contributed by atoms with Gasteiger partial charge in [0.05, 0.1) is 6.04 Å². The van der Waals surface area contributed by atoms with Crippen molar-refractivity contribution in [1.82, 2.24) is 10.6 Å². The van der Waals surface area contributed by atoms with Crippen LogP contribution in [0.4, 0.5) is 4.79 Å². The van der Waals surface area contributed by atoms with Crippen molar-refractivity contribution in [3.05, 3.63) is 59.7 Å². The third-order valence-corrected chi connectivity index (χ3v) is 5.80. The van der Waals surface area contributed by atoms with Gasteiger partial charge in [-0.2, -0.15) is 0 Å². The van der Waals surface area contributed by atoms with Crippen molar-refractivity contribution >= 4 is 18.3 Å². The number of alkyl carbamates (subject to hydrolysis) is 1. The number of carbonyl (C=O) groups excluding carboxylic acids is 3. The maximum atomic E-state index is 12.1. The smallest absolute Gasteiger partial charge is 0.407 e. The first-order chi connectivity index (χ1) is 15.5. The topological polar surface area (TPSA) is 84.5 Å². The number of carbonyl (C=O) groups is 2. The second kappa shape index (κ2) is 11.5. The molecular weight excluding hydrogens is 404 g/mol. The molecule has 3 rings (SSSR count). The predicted molar refractivity (Wildman–Crippen MR) is 124 cm³/mol. The Labute approximate surface area is 189 Å². The highest BCUT2D eigenvalue weighted by Gasteiger charge is 2.28. The van der Waals surface area contributed by atoms with Gasteiger partial charge in [0.2, 0.25) is 12.2 Å². The summed E-state index contributed by atoms with van der Waals surface area (Å²) in [6, 6.07) is 15.9. The molecular formula is C26H31N2O4. The third-order valence-electron chi connectivity index (χ3n) is 5.80. The molecule has 0 unspecified atom stereocenters. The first-order valence-electron chi connectivity index (χ1n) is 11.3. The van der Waals surface area contributed by atoms with Crippen LogP contribution in [0.3, 0.4) is 0 Å². The van der Waals surface area contributed by atoms with Gasteiger partial charge in [-0.25, -0.2) is 4.79 Å². The zero-order valence-corrected chi connectivity index (χ0v) is 18.7. The van der Waals surface area contributed by atoms with Gasteiger partial charge < -0.3 is 15.4 Å². The summed E-state index contributed by atoms with van der Waals surface area (Å²) in [5.74, 6) is -0.0701. The van der Waals surface area contributed by atoms with E-state index >= 15 is 0 Å². The van der Waals surface area contributed by atoms with Gasteiger partial charge in [-0.15, -0.1) is 0 Å². The molecule has 0 fully saturated rings. The maximum absolute atomic E-state index is 12.1. The average molecular weight is 436 g/mol. The number of unbranched alkanes of at least 4 members (excludes halogenated alkanes) is 2. The monoisotopic (exact) mass is 435 g/mol. The van der Waals surface area contributed by atoms with E-state index in [4.69, 9.17) is 4.74 Å². The summed E-state index contributed by atoms with van der Waals surface area (Å²) < 4.78 is 5.51. The highest BCUT2D eigenvalue weighted by atomic mass is 16.5. The standard InChI is InChI=1S/C26H31N2O4/c1-18(2)24(16-29)28-25(30)14-4-3-9-15-27-26(31)32-17-23-21-12-7-5-10-19(21)20-11-6-8-13-22(20)23/h5-8,10-13,18,23-24H,3-4,9,14-15,17H2,1-2H3,(H,27,31)(H,28,30)/t24-/m1/s1. The van der Waals surface area contributed by atoms with Crippen LogP contribution in [0, 0.1) is 5.92 Å². The molecule has 6 nitrogen and oxygen atoms in total. The van der Waals surface area contributed by atoms with E-state index in [1.165, 1.54) is 22.3 Å². The number of ether oxygens (including phenoxy) is 1. The molecule has 1 atom stereocenters. The molecule has 0 bridgehead atoms. The van der Waals surface area contributed by atoms with E-state index in [0.29, 0.717) is 26.0 Å². The summed E-state index contributed by atoms with van der Waals surface area (Å²) in [7, 11) is 0.